The Morgan fingerprint density at radius 2 is 0.704 bits per heavy atom. The number of carbonyl (C=O) groups excluding carboxylic acids is 9. The second-order valence-electron chi connectivity index (χ2n) is 24.0. The first-order chi connectivity index (χ1) is 37.8. The molecule has 0 saturated heterocycles. The van der Waals surface area contributed by atoms with Crippen molar-refractivity contribution >= 4 is 52.3 Å². The third-order valence-electron chi connectivity index (χ3n) is 12.2. The molecule has 0 spiro atoms. The van der Waals surface area contributed by atoms with Gasteiger partial charge >= 0.3 is 0 Å². The Bertz CT molecular complexity index is 1790. The lowest BCUT2D eigenvalue weighted by atomic mass is 9.89. The van der Waals surface area contributed by atoms with Gasteiger partial charge in [-0.25, -0.2) is 4.68 Å². The average molecular weight is 1150 g/mol. The number of nitrogens with one attached hydrogen (secondary N) is 2. The number of hydrogen-bond donors (Lipinski definition) is 2. The molecule has 0 bridgehead atoms. The van der Waals surface area contributed by atoms with Crippen molar-refractivity contribution in [3.8, 4) is 0 Å². The van der Waals surface area contributed by atoms with Crippen molar-refractivity contribution in [2.75, 3.05) is 79.2 Å². The van der Waals surface area contributed by atoms with Crippen molar-refractivity contribution in [3.05, 3.63) is 11.9 Å². The summed E-state index contributed by atoms with van der Waals surface area (Å²) >= 11 is 0. The topological polar surface area (TPSA) is 255 Å². The molecule has 19 nitrogen and oxygen atoms in total. The fourth-order valence-corrected chi connectivity index (χ4v) is 6.29. The third kappa shape index (κ3) is 52.1. The standard InChI is InChI=1S/C23H41N5O5.3C13H24O3/c1-5-21(30)24-11-6-14-32-15-7-12-25-22(31)9-8-19-18-28(27-26-19)13-17-33-16-10-20(29)23(2,3)4;3*1-5-11(14)7-6-9-16-10-8-12(15)13(2,3)4/h18H,5-17H2,1-4H3,(H,24,30)(H,25,31);3*5-10H2,1-4H3. The second-order valence-corrected chi connectivity index (χ2v) is 24.0. The maximum Gasteiger partial charge on any atom is 0.220 e. The molecular formula is C62H113N5O14. The van der Waals surface area contributed by atoms with Crippen molar-refractivity contribution in [1.82, 2.24) is 25.6 Å². The number of aromatic nitrogens is 3. The number of Topliss-reactive ketones (excluding diaryl/α,β-unsaturated/α-hetero) is 7. The molecule has 0 fully saturated rings. The highest BCUT2D eigenvalue weighted by molar-refractivity contribution is 5.85. The van der Waals surface area contributed by atoms with Crippen molar-refractivity contribution in [3.63, 3.8) is 0 Å². The van der Waals surface area contributed by atoms with Gasteiger partial charge in [0.2, 0.25) is 11.8 Å². The molecular weight excluding hydrogens is 1040 g/mol. The number of rotatable bonds is 42. The van der Waals surface area contributed by atoms with Crippen LogP contribution in [0.2, 0.25) is 0 Å². The Kier molecular flexibility index (Phi) is 47.9. The molecule has 81 heavy (non-hydrogen) atoms. The van der Waals surface area contributed by atoms with Crippen LogP contribution in [0.4, 0.5) is 0 Å². The van der Waals surface area contributed by atoms with E-state index in [1.807, 2.05) is 117 Å². The highest BCUT2D eigenvalue weighted by Gasteiger charge is 2.23. The normalized spacial score (nSPS) is 11.5. The van der Waals surface area contributed by atoms with Gasteiger partial charge in [0.15, 0.2) is 0 Å². The summed E-state index contributed by atoms with van der Waals surface area (Å²) in [6.07, 6.45) is 12.3. The monoisotopic (exact) mass is 1150 g/mol. The zero-order chi connectivity index (χ0) is 62.3. The molecule has 2 N–H and O–H groups in total. The Labute approximate surface area is 488 Å². The summed E-state index contributed by atoms with van der Waals surface area (Å²) in [4.78, 5) is 102. The van der Waals surface area contributed by atoms with Gasteiger partial charge in [-0.3, -0.25) is 43.2 Å². The molecule has 2 amide bonds. The van der Waals surface area contributed by atoms with E-state index >= 15 is 0 Å². The largest absolute Gasteiger partial charge is 0.381 e. The van der Waals surface area contributed by atoms with Crippen molar-refractivity contribution in [2.24, 2.45) is 21.7 Å². The molecule has 19 heteroatoms. The van der Waals surface area contributed by atoms with Crippen LogP contribution in [0.5, 0.6) is 0 Å². The van der Waals surface area contributed by atoms with Gasteiger partial charge in [0.05, 0.1) is 45.3 Å². The third-order valence-corrected chi connectivity index (χ3v) is 12.2. The Hall–Kier alpha value is -4.43. The number of ketones is 7. The van der Waals surface area contributed by atoms with Crippen LogP contribution in [0.3, 0.4) is 0 Å². The van der Waals surface area contributed by atoms with Crippen LogP contribution in [0.15, 0.2) is 6.20 Å². The molecule has 0 aliphatic heterocycles. The minimum Gasteiger partial charge on any atom is -0.381 e. The Balaban J connectivity index is -0.00000108. The molecule has 1 aromatic rings. The molecule has 1 rings (SSSR count). The fourth-order valence-electron chi connectivity index (χ4n) is 6.29. The molecule has 1 heterocycles. The van der Waals surface area contributed by atoms with Crippen molar-refractivity contribution in [1.29, 1.82) is 0 Å². The number of carbonyl (C=O) groups is 9. The van der Waals surface area contributed by atoms with Gasteiger partial charge in [0, 0.05) is 157 Å². The number of ether oxygens (including phenoxy) is 5. The lowest BCUT2D eigenvalue weighted by Crippen LogP contribution is -2.26. The first-order valence-corrected chi connectivity index (χ1v) is 29.8. The van der Waals surface area contributed by atoms with Gasteiger partial charge in [-0.05, 0) is 32.1 Å². The van der Waals surface area contributed by atoms with E-state index in [2.05, 4.69) is 20.9 Å². The molecule has 0 atom stereocenters. The number of nitrogens with zero attached hydrogens (tertiary/aromatic N) is 3. The van der Waals surface area contributed by atoms with E-state index in [-0.39, 0.29) is 74.0 Å². The summed E-state index contributed by atoms with van der Waals surface area (Å²) in [5.41, 5.74) is -0.407. The van der Waals surface area contributed by atoms with E-state index in [1.54, 1.807) is 4.68 Å². The molecule has 0 aliphatic carbocycles. The van der Waals surface area contributed by atoms with Crippen LogP contribution in [-0.2, 0) is 79.8 Å². The summed E-state index contributed by atoms with van der Waals surface area (Å²) in [7, 11) is 0. The van der Waals surface area contributed by atoms with Gasteiger partial charge in [0.25, 0.3) is 0 Å². The molecule has 0 radical (unpaired) electrons. The molecule has 1 aromatic heterocycles. The zero-order valence-corrected chi connectivity index (χ0v) is 53.6. The number of aryl methyl sites for hydroxylation is 1. The first-order valence-electron chi connectivity index (χ1n) is 29.8. The van der Waals surface area contributed by atoms with Gasteiger partial charge in [0.1, 0.15) is 40.5 Å². The average Bonchev–Trinajstić information content (AvgIpc) is 3.86. The van der Waals surface area contributed by atoms with E-state index < -0.39 is 0 Å². The minimum atomic E-state index is -0.334. The highest BCUT2D eigenvalue weighted by Crippen LogP contribution is 2.19. The quantitative estimate of drug-likeness (QED) is 0.0577. The van der Waals surface area contributed by atoms with Gasteiger partial charge in [-0.1, -0.05) is 116 Å². The molecule has 470 valence electrons. The van der Waals surface area contributed by atoms with Gasteiger partial charge < -0.3 is 34.3 Å². The lowest BCUT2D eigenvalue weighted by molar-refractivity contribution is -0.128. The van der Waals surface area contributed by atoms with Crippen LogP contribution in [0, 0.1) is 21.7 Å². The van der Waals surface area contributed by atoms with Gasteiger partial charge in [-0.2, -0.15) is 0 Å². The fraction of sp³-hybridized carbons (Fsp3) is 0.823. The summed E-state index contributed by atoms with van der Waals surface area (Å²) in [6.45, 7) is 37.2. The number of amides is 2. The number of hydrogen-bond acceptors (Lipinski definition) is 16. The highest BCUT2D eigenvalue weighted by atomic mass is 16.5. The van der Waals surface area contributed by atoms with Crippen LogP contribution < -0.4 is 10.6 Å². The van der Waals surface area contributed by atoms with Crippen LogP contribution in [-0.4, -0.2) is 146 Å². The SMILES string of the molecule is CCC(=O)CCCOCCC(=O)C(C)(C)C.CCC(=O)CCCOCCC(=O)C(C)(C)C.CCC(=O)CCCOCCC(=O)C(C)(C)C.CCC(=O)NCCCOCCCNC(=O)CCc1cn(CCOCCC(=O)C(C)(C)C)nn1. The first kappa shape index (κ1) is 80.8. The lowest BCUT2D eigenvalue weighted by Gasteiger charge is -2.16. The zero-order valence-electron chi connectivity index (χ0n) is 53.6. The van der Waals surface area contributed by atoms with E-state index in [0.29, 0.717) is 169 Å². The molecule has 0 aliphatic rings. The van der Waals surface area contributed by atoms with Crippen LogP contribution in [0.25, 0.3) is 0 Å². The Morgan fingerprint density at radius 1 is 0.395 bits per heavy atom. The van der Waals surface area contributed by atoms with E-state index in [4.69, 9.17) is 23.7 Å². The summed E-state index contributed by atoms with van der Waals surface area (Å²) in [6, 6.07) is 0. The predicted octanol–water partition coefficient (Wildman–Crippen LogP) is 9.97. The van der Waals surface area contributed by atoms with Crippen LogP contribution in [0.1, 0.15) is 226 Å². The van der Waals surface area contributed by atoms with E-state index in [0.717, 1.165) is 37.8 Å². The Morgan fingerprint density at radius 3 is 1.02 bits per heavy atom. The predicted molar refractivity (Wildman–Crippen MR) is 318 cm³/mol. The van der Waals surface area contributed by atoms with Crippen molar-refractivity contribution in [2.45, 2.75) is 233 Å². The molecule has 0 unspecified atom stereocenters. The minimum absolute atomic E-state index is 0.0290. The summed E-state index contributed by atoms with van der Waals surface area (Å²) < 4.78 is 28.7. The van der Waals surface area contributed by atoms with E-state index in [1.165, 1.54) is 0 Å². The molecule has 0 saturated carbocycles. The maximum absolute atomic E-state index is 12.0. The van der Waals surface area contributed by atoms with E-state index in [9.17, 15) is 43.2 Å². The van der Waals surface area contributed by atoms with Crippen molar-refractivity contribution < 1.29 is 66.8 Å². The maximum atomic E-state index is 12.0. The summed E-state index contributed by atoms with van der Waals surface area (Å²) in [5, 5.41) is 13.8. The summed E-state index contributed by atoms with van der Waals surface area (Å²) in [5.74, 6) is 1.68. The van der Waals surface area contributed by atoms with Crippen LogP contribution >= 0.6 is 0 Å². The smallest absolute Gasteiger partial charge is 0.220 e. The second kappa shape index (κ2) is 48.0. The van der Waals surface area contributed by atoms with Gasteiger partial charge in [-0.15, -0.1) is 5.10 Å². The molecule has 0 aromatic carbocycles.